The van der Waals surface area contributed by atoms with Crippen molar-refractivity contribution < 1.29 is 24.1 Å². The quantitative estimate of drug-likeness (QED) is 0.230. The number of benzene rings is 1. The maximum absolute atomic E-state index is 11.5. The van der Waals surface area contributed by atoms with Gasteiger partial charge in [-0.3, -0.25) is 4.89 Å². The molecule has 0 aromatic heterocycles. The molecule has 6 heteroatoms. The highest BCUT2D eigenvalue weighted by molar-refractivity contribution is 6.26. The van der Waals surface area contributed by atoms with Gasteiger partial charge in [-0.05, 0) is 31.4 Å². The van der Waals surface area contributed by atoms with Crippen molar-refractivity contribution in [2.24, 2.45) is 0 Å². The number of carbonyl (C=O) groups excluding carboxylic acids is 2. The molecule has 0 aliphatic carbocycles. The van der Waals surface area contributed by atoms with Crippen molar-refractivity contribution in [3.05, 3.63) is 47.5 Å². The topological polar surface area (TPSA) is 61.8 Å². The Kier molecular flexibility index (Phi) is 8.91. The molecule has 0 spiro atoms. The van der Waals surface area contributed by atoms with E-state index in [-0.39, 0.29) is 0 Å². The molecule has 0 aliphatic rings. The summed E-state index contributed by atoms with van der Waals surface area (Å²) in [7, 11) is 0. The molecule has 0 saturated heterocycles. The van der Waals surface area contributed by atoms with E-state index in [9.17, 15) is 9.59 Å². The molecule has 0 heterocycles. The van der Waals surface area contributed by atoms with E-state index in [1.165, 1.54) is 0 Å². The SMILES string of the molecule is O=C(C=CCl)OCCCCCOOC(=O)c1ccccc1. The number of rotatable bonds is 9. The van der Waals surface area contributed by atoms with E-state index in [1.807, 2.05) is 6.07 Å². The first kappa shape index (κ1) is 17.2. The van der Waals surface area contributed by atoms with E-state index in [1.54, 1.807) is 24.3 Å². The molecule has 0 radical (unpaired) electrons. The third-order valence-corrected chi connectivity index (χ3v) is 2.59. The van der Waals surface area contributed by atoms with Crippen LogP contribution in [0.15, 0.2) is 41.9 Å². The van der Waals surface area contributed by atoms with Gasteiger partial charge in [0.25, 0.3) is 0 Å². The van der Waals surface area contributed by atoms with Crippen molar-refractivity contribution in [2.75, 3.05) is 13.2 Å². The van der Waals surface area contributed by atoms with Gasteiger partial charge in [0.05, 0.1) is 18.8 Å². The Morgan fingerprint density at radius 3 is 2.48 bits per heavy atom. The lowest BCUT2D eigenvalue weighted by Gasteiger charge is -2.04. The number of hydrogen-bond donors (Lipinski definition) is 0. The largest absolute Gasteiger partial charge is 0.463 e. The van der Waals surface area contributed by atoms with Gasteiger partial charge in [0.15, 0.2) is 0 Å². The van der Waals surface area contributed by atoms with Gasteiger partial charge in [-0.15, -0.1) is 0 Å². The minimum atomic E-state index is -0.516. The van der Waals surface area contributed by atoms with E-state index in [2.05, 4.69) is 4.89 Å². The second-order valence-corrected chi connectivity index (χ2v) is 4.33. The van der Waals surface area contributed by atoms with Gasteiger partial charge < -0.3 is 4.74 Å². The molecule has 1 aromatic rings. The average Bonchev–Trinajstić information content (AvgIpc) is 2.51. The first-order valence-corrected chi connectivity index (χ1v) is 7.00. The maximum Gasteiger partial charge on any atom is 0.373 e. The van der Waals surface area contributed by atoms with Crippen molar-refractivity contribution in [3.63, 3.8) is 0 Å². The zero-order valence-electron chi connectivity index (χ0n) is 11.5. The van der Waals surface area contributed by atoms with Gasteiger partial charge in [-0.2, -0.15) is 4.89 Å². The van der Waals surface area contributed by atoms with Crippen LogP contribution in [0, 0.1) is 0 Å². The number of unbranched alkanes of at least 4 members (excludes halogenated alkanes) is 2. The molecular weight excluding hydrogens is 296 g/mol. The highest BCUT2D eigenvalue weighted by Gasteiger charge is 2.06. The van der Waals surface area contributed by atoms with Crippen LogP contribution < -0.4 is 0 Å². The average molecular weight is 313 g/mol. The number of halogens is 1. The van der Waals surface area contributed by atoms with Crippen LogP contribution in [-0.2, 0) is 19.3 Å². The number of ether oxygens (including phenoxy) is 1. The first-order chi connectivity index (χ1) is 10.2. The Hall–Kier alpha value is -1.85. The lowest BCUT2D eigenvalue weighted by molar-refractivity contribution is -0.241. The number of carbonyl (C=O) groups is 2. The highest BCUT2D eigenvalue weighted by atomic mass is 35.5. The van der Waals surface area contributed by atoms with Crippen molar-refractivity contribution in [3.8, 4) is 0 Å². The molecule has 1 aromatic carbocycles. The van der Waals surface area contributed by atoms with E-state index in [0.717, 1.165) is 18.0 Å². The summed E-state index contributed by atoms with van der Waals surface area (Å²) in [5.74, 6) is -0.976. The molecule has 21 heavy (non-hydrogen) atoms. The molecule has 0 bridgehead atoms. The predicted molar refractivity (Wildman–Crippen MR) is 77.6 cm³/mol. The first-order valence-electron chi connectivity index (χ1n) is 6.56. The molecule has 0 fully saturated rings. The Balaban J connectivity index is 1.98. The standard InChI is InChI=1S/C15H17ClO5/c16-10-9-14(17)19-11-5-2-6-12-20-21-15(18)13-7-3-1-4-8-13/h1,3-4,7-10H,2,5-6,11-12H2. The maximum atomic E-state index is 11.5. The van der Waals surface area contributed by atoms with Crippen molar-refractivity contribution in [2.45, 2.75) is 19.3 Å². The normalized spacial score (nSPS) is 10.5. The molecule has 0 amide bonds. The van der Waals surface area contributed by atoms with Crippen LogP contribution in [0.5, 0.6) is 0 Å². The molecule has 0 unspecified atom stereocenters. The van der Waals surface area contributed by atoms with Gasteiger partial charge in [-0.25, -0.2) is 9.59 Å². The third kappa shape index (κ3) is 8.12. The summed E-state index contributed by atoms with van der Waals surface area (Å²) in [6.07, 6.45) is 3.34. The van der Waals surface area contributed by atoms with Crippen LogP contribution in [0.4, 0.5) is 0 Å². The van der Waals surface area contributed by atoms with Crippen LogP contribution in [0.2, 0.25) is 0 Å². The summed E-state index contributed by atoms with van der Waals surface area (Å²) < 4.78 is 4.85. The Morgan fingerprint density at radius 1 is 1.05 bits per heavy atom. The minimum absolute atomic E-state index is 0.300. The zero-order valence-corrected chi connectivity index (χ0v) is 12.3. The van der Waals surface area contributed by atoms with E-state index in [0.29, 0.717) is 31.6 Å². The molecule has 0 aliphatic heterocycles. The second kappa shape index (κ2) is 10.9. The highest BCUT2D eigenvalue weighted by Crippen LogP contribution is 2.03. The van der Waals surface area contributed by atoms with E-state index >= 15 is 0 Å². The monoisotopic (exact) mass is 312 g/mol. The summed E-state index contributed by atoms with van der Waals surface area (Å²) in [6, 6.07) is 8.60. The Bertz CT molecular complexity index is 458. The van der Waals surface area contributed by atoms with Crippen molar-refractivity contribution >= 4 is 23.5 Å². The summed E-state index contributed by atoms with van der Waals surface area (Å²) in [5.41, 5.74) is 1.55. The molecule has 5 nitrogen and oxygen atoms in total. The van der Waals surface area contributed by atoms with Crippen LogP contribution in [0.3, 0.4) is 0 Å². The molecule has 1 rings (SSSR count). The molecule has 0 N–H and O–H groups in total. The number of hydrogen-bond acceptors (Lipinski definition) is 5. The number of esters is 1. The van der Waals surface area contributed by atoms with Crippen LogP contribution in [0.25, 0.3) is 0 Å². The fourth-order valence-corrected chi connectivity index (χ4v) is 1.53. The fraction of sp³-hybridized carbons (Fsp3) is 0.333. The van der Waals surface area contributed by atoms with Gasteiger partial charge >= 0.3 is 11.9 Å². The van der Waals surface area contributed by atoms with E-state index < -0.39 is 11.9 Å². The van der Waals surface area contributed by atoms with Crippen molar-refractivity contribution in [1.29, 1.82) is 0 Å². The molecular formula is C15H17ClO5. The summed E-state index contributed by atoms with van der Waals surface area (Å²) in [6.45, 7) is 0.623. The van der Waals surface area contributed by atoms with Crippen molar-refractivity contribution in [1.82, 2.24) is 0 Å². The lowest BCUT2D eigenvalue weighted by atomic mass is 10.2. The van der Waals surface area contributed by atoms with Gasteiger partial charge in [-0.1, -0.05) is 29.8 Å². The van der Waals surface area contributed by atoms with Crippen LogP contribution >= 0.6 is 11.6 Å². The minimum Gasteiger partial charge on any atom is -0.463 e. The molecule has 114 valence electrons. The summed E-state index contributed by atoms with van der Waals surface area (Å²) >= 11 is 5.22. The second-order valence-electron chi connectivity index (χ2n) is 4.08. The Labute approximate surface area is 128 Å². The molecule has 0 atom stereocenters. The van der Waals surface area contributed by atoms with Crippen LogP contribution in [0.1, 0.15) is 29.6 Å². The zero-order chi connectivity index (χ0) is 15.3. The Morgan fingerprint density at radius 2 is 1.76 bits per heavy atom. The molecule has 0 saturated carbocycles. The van der Waals surface area contributed by atoms with Crippen LogP contribution in [-0.4, -0.2) is 25.2 Å². The summed E-state index contributed by atoms with van der Waals surface area (Å²) in [5, 5.41) is 0. The van der Waals surface area contributed by atoms with Gasteiger partial charge in [0.2, 0.25) is 0 Å². The predicted octanol–water partition coefficient (Wildman–Crippen LogP) is 3.24. The summed E-state index contributed by atoms with van der Waals surface area (Å²) in [4.78, 5) is 31.9. The van der Waals surface area contributed by atoms with E-state index in [4.69, 9.17) is 21.2 Å². The van der Waals surface area contributed by atoms with Gasteiger partial charge in [0.1, 0.15) is 0 Å². The smallest absolute Gasteiger partial charge is 0.373 e. The lowest BCUT2D eigenvalue weighted by Crippen LogP contribution is -2.07. The third-order valence-electron chi connectivity index (χ3n) is 2.46. The van der Waals surface area contributed by atoms with Gasteiger partial charge in [0, 0.05) is 11.6 Å². The fourth-order valence-electron chi connectivity index (χ4n) is 1.43.